The number of esters is 1. The highest BCUT2D eigenvalue weighted by Gasteiger charge is 2.40. The van der Waals surface area contributed by atoms with E-state index in [1.54, 1.807) is 24.3 Å². The van der Waals surface area contributed by atoms with Crippen LogP contribution < -0.4 is 25.5 Å². The number of nitrogens with one attached hydrogen (secondary N) is 1. The van der Waals surface area contributed by atoms with Crippen LogP contribution in [0.4, 0.5) is 0 Å². The van der Waals surface area contributed by atoms with Crippen molar-refractivity contribution >= 4 is 5.97 Å². The maximum Gasteiger partial charge on any atom is 0.343 e. The molecule has 2 aromatic carbocycles. The van der Waals surface area contributed by atoms with E-state index in [-0.39, 0.29) is 33.9 Å². The number of aromatic amines is 1. The molecule has 10 nitrogen and oxygen atoms in total. The third-order valence-electron chi connectivity index (χ3n) is 5.00. The summed E-state index contributed by atoms with van der Waals surface area (Å²) in [5, 5.41) is 11.0. The van der Waals surface area contributed by atoms with Crippen molar-refractivity contribution in [2.45, 2.75) is 6.10 Å². The molecular weight excluding hydrogens is 408 g/mol. The number of H-pyrrole nitrogens is 1. The number of rotatable bonds is 5. The van der Waals surface area contributed by atoms with Gasteiger partial charge in [0.25, 0.3) is 5.56 Å². The van der Waals surface area contributed by atoms with Gasteiger partial charge >= 0.3 is 11.7 Å². The average molecular weight is 426 g/mol. The highest BCUT2D eigenvalue weighted by Crippen LogP contribution is 2.45. The van der Waals surface area contributed by atoms with Crippen LogP contribution in [0.15, 0.2) is 46.0 Å². The number of fused-ring (bicyclic) bond motifs is 1. The van der Waals surface area contributed by atoms with Crippen LogP contribution in [0.3, 0.4) is 0 Å². The number of hydrogen-bond donors (Lipinski definition) is 2. The van der Waals surface area contributed by atoms with Crippen molar-refractivity contribution < 1.29 is 28.8 Å². The van der Waals surface area contributed by atoms with Gasteiger partial charge in [-0.2, -0.15) is 0 Å². The number of aromatic nitrogens is 2. The summed E-state index contributed by atoms with van der Waals surface area (Å²) in [6.07, 6.45) is -1.27. The SMILES string of the molecule is COc1ccccc1-n1c(O)c([C@H]2OC(=O)c3c2ccc(OC)c3OC)c(=O)[nH]c1=O. The van der Waals surface area contributed by atoms with Gasteiger partial charge in [-0.05, 0) is 18.2 Å². The van der Waals surface area contributed by atoms with Crippen LogP contribution >= 0.6 is 0 Å². The Morgan fingerprint density at radius 3 is 2.35 bits per heavy atom. The van der Waals surface area contributed by atoms with E-state index in [4.69, 9.17) is 18.9 Å². The Bertz CT molecular complexity index is 1310. The Morgan fingerprint density at radius 1 is 0.968 bits per heavy atom. The Hall–Kier alpha value is -4.21. The summed E-state index contributed by atoms with van der Waals surface area (Å²) in [4.78, 5) is 40.0. The first-order valence-corrected chi connectivity index (χ1v) is 9.10. The predicted molar refractivity (Wildman–Crippen MR) is 108 cm³/mol. The van der Waals surface area contributed by atoms with E-state index in [2.05, 4.69) is 4.98 Å². The van der Waals surface area contributed by atoms with Crippen molar-refractivity contribution in [3.8, 4) is 28.8 Å². The third kappa shape index (κ3) is 3.00. The van der Waals surface area contributed by atoms with Crippen LogP contribution in [0, 0.1) is 0 Å². The molecule has 1 aromatic heterocycles. The average Bonchev–Trinajstić information content (AvgIpc) is 3.09. The molecule has 0 bridgehead atoms. The van der Waals surface area contributed by atoms with Crippen LogP contribution in [0.25, 0.3) is 5.69 Å². The molecule has 0 aliphatic carbocycles. The molecule has 0 spiro atoms. The van der Waals surface area contributed by atoms with E-state index in [1.807, 2.05) is 0 Å². The molecule has 0 saturated carbocycles. The van der Waals surface area contributed by atoms with Crippen molar-refractivity contribution in [2.24, 2.45) is 0 Å². The number of para-hydroxylation sites is 2. The molecule has 0 saturated heterocycles. The molecule has 0 radical (unpaired) electrons. The Kier molecular flexibility index (Phi) is 4.90. The smallest absolute Gasteiger partial charge is 0.343 e. The first-order chi connectivity index (χ1) is 14.9. The molecule has 2 N–H and O–H groups in total. The second kappa shape index (κ2) is 7.56. The molecule has 31 heavy (non-hydrogen) atoms. The maximum absolute atomic E-state index is 12.7. The fraction of sp³-hybridized carbons (Fsp3) is 0.190. The van der Waals surface area contributed by atoms with E-state index in [9.17, 15) is 19.5 Å². The Morgan fingerprint density at radius 2 is 1.68 bits per heavy atom. The first-order valence-electron chi connectivity index (χ1n) is 9.10. The van der Waals surface area contributed by atoms with Gasteiger partial charge in [0.15, 0.2) is 17.6 Å². The lowest BCUT2D eigenvalue weighted by Gasteiger charge is -2.17. The monoisotopic (exact) mass is 426 g/mol. The topological polar surface area (TPSA) is 129 Å². The van der Waals surface area contributed by atoms with E-state index < -0.39 is 29.2 Å². The summed E-state index contributed by atoms with van der Waals surface area (Å²) < 4.78 is 22.0. The highest BCUT2D eigenvalue weighted by molar-refractivity contribution is 5.98. The quantitative estimate of drug-likeness (QED) is 0.588. The molecule has 0 amide bonds. The number of methoxy groups -OCH3 is 3. The number of cyclic esters (lactones) is 1. The van der Waals surface area contributed by atoms with Crippen molar-refractivity contribution in [1.82, 2.24) is 9.55 Å². The molecule has 3 aromatic rings. The van der Waals surface area contributed by atoms with Crippen LogP contribution in [0.1, 0.15) is 27.6 Å². The standard InChI is InChI=1S/C21H18N2O8/c1-28-12-7-5-4-6-11(12)23-19(25)15(18(24)22-21(23)27)16-10-8-9-13(29-2)17(30-3)14(10)20(26)31-16/h4-9,16,25H,1-3H3,(H,22,24,27)/t16-/m0/s1. The molecule has 160 valence electrons. The van der Waals surface area contributed by atoms with E-state index in [0.717, 1.165) is 4.57 Å². The molecule has 0 unspecified atom stereocenters. The predicted octanol–water partition coefficient (Wildman–Crippen LogP) is 1.52. The molecule has 2 heterocycles. The van der Waals surface area contributed by atoms with Gasteiger partial charge in [-0.1, -0.05) is 18.2 Å². The number of carbonyl (C=O) groups is 1. The van der Waals surface area contributed by atoms with Crippen LogP contribution in [0.5, 0.6) is 23.1 Å². The number of ether oxygens (including phenoxy) is 4. The van der Waals surface area contributed by atoms with E-state index >= 15 is 0 Å². The molecule has 0 fully saturated rings. The molecular formula is C21H18N2O8. The van der Waals surface area contributed by atoms with E-state index in [0.29, 0.717) is 5.75 Å². The number of aromatic hydroxyl groups is 1. The zero-order chi connectivity index (χ0) is 22.3. The van der Waals surface area contributed by atoms with Gasteiger partial charge in [0.05, 0.1) is 27.0 Å². The number of carbonyl (C=O) groups excluding carboxylic acids is 1. The summed E-state index contributed by atoms with van der Waals surface area (Å²) in [5.41, 5.74) is -1.54. The summed E-state index contributed by atoms with van der Waals surface area (Å²) in [5.74, 6) is -0.714. The van der Waals surface area contributed by atoms with Gasteiger partial charge in [-0.15, -0.1) is 0 Å². The summed E-state index contributed by atoms with van der Waals surface area (Å²) in [6.45, 7) is 0. The third-order valence-corrected chi connectivity index (χ3v) is 5.00. The number of benzene rings is 2. The molecule has 4 rings (SSSR count). The Balaban J connectivity index is 1.98. The summed E-state index contributed by atoms with van der Waals surface area (Å²) in [6, 6.07) is 9.53. The summed E-state index contributed by atoms with van der Waals surface area (Å²) in [7, 11) is 4.19. The first kappa shape index (κ1) is 20.1. The van der Waals surface area contributed by atoms with Crippen molar-refractivity contribution in [2.75, 3.05) is 21.3 Å². The minimum atomic E-state index is -1.27. The normalized spacial score (nSPS) is 14.7. The minimum absolute atomic E-state index is 0.0701. The van der Waals surface area contributed by atoms with Crippen molar-refractivity contribution in [3.05, 3.63) is 73.9 Å². The van der Waals surface area contributed by atoms with Crippen LogP contribution in [-0.4, -0.2) is 42.0 Å². The van der Waals surface area contributed by atoms with Gasteiger partial charge in [0.1, 0.15) is 16.9 Å². The Labute approximate surface area is 175 Å². The van der Waals surface area contributed by atoms with Gasteiger partial charge in [-0.25, -0.2) is 14.2 Å². The van der Waals surface area contributed by atoms with Gasteiger partial charge in [0.2, 0.25) is 5.88 Å². The van der Waals surface area contributed by atoms with Crippen LogP contribution in [0.2, 0.25) is 0 Å². The van der Waals surface area contributed by atoms with Gasteiger partial charge < -0.3 is 24.1 Å². The zero-order valence-electron chi connectivity index (χ0n) is 16.8. The molecule has 1 aliphatic heterocycles. The number of nitrogens with zero attached hydrogens (tertiary/aromatic N) is 1. The number of hydrogen-bond acceptors (Lipinski definition) is 8. The lowest BCUT2D eigenvalue weighted by Crippen LogP contribution is -2.33. The second-order valence-electron chi connectivity index (χ2n) is 6.55. The minimum Gasteiger partial charge on any atom is -0.495 e. The largest absolute Gasteiger partial charge is 0.495 e. The molecule has 1 atom stereocenters. The lowest BCUT2D eigenvalue weighted by atomic mass is 9.99. The fourth-order valence-electron chi connectivity index (χ4n) is 3.63. The lowest BCUT2D eigenvalue weighted by molar-refractivity contribution is 0.0447. The van der Waals surface area contributed by atoms with Crippen LogP contribution in [-0.2, 0) is 4.74 Å². The molecule has 10 heteroatoms. The van der Waals surface area contributed by atoms with Crippen molar-refractivity contribution in [3.63, 3.8) is 0 Å². The molecule has 1 aliphatic rings. The van der Waals surface area contributed by atoms with Crippen molar-refractivity contribution in [1.29, 1.82) is 0 Å². The summed E-state index contributed by atoms with van der Waals surface area (Å²) >= 11 is 0. The maximum atomic E-state index is 12.7. The zero-order valence-corrected chi connectivity index (χ0v) is 16.8. The fourth-order valence-corrected chi connectivity index (χ4v) is 3.63. The van der Waals surface area contributed by atoms with Gasteiger partial charge in [0, 0.05) is 5.56 Å². The second-order valence-corrected chi connectivity index (χ2v) is 6.55. The highest BCUT2D eigenvalue weighted by atomic mass is 16.6. The van der Waals surface area contributed by atoms with Gasteiger partial charge in [-0.3, -0.25) is 9.78 Å². The van der Waals surface area contributed by atoms with E-state index in [1.165, 1.54) is 33.5 Å².